The minimum absolute atomic E-state index is 0.119. The molecule has 1 rings (SSSR count). The Kier molecular flexibility index (Phi) is 5.57. The summed E-state index contributed by atoms with van der Waals surface area (Å²) in [6.07, 6.45) is -0.430. The van der Waals surface area contributed by atoms with Gasteiger partial charge >= 0.3 is 0 Å². The Morgan fingerprint density at radius 1 is 1.16 bits per heavy atom. The van der Waals surface area contributed by atoms with Crippen LogP contribution >= 0.6 is 0 Å². The molecule has 0 aliphatic rings. The van der Waals surface area contributed by atoms with E-state index in [2.05, 4.69) is 65.1 Å². The highest BCUT2D eigenvalue weighted by atomic mass is 16.3. The van der Waals surface area contributed by atoms with Crippen molar-refractivity contribution in [3.63, 3.8) is 0 Å². The van der Waals surface area contributed by atoms with E-state index in [-0.39, 0.29) is 5.41 Å². The molecule has 19 heavy (non-hydrogen) atoms. The van der Waals surface area contributed by atoms with E-state index >= 15 is 0 Å². The highest BCUT2D eigenvalue weighted by Gasteiger charge is 2.17. The lowest BCUT2D eigenvalue weighted by atomic mass is 9.84. The van der Waals surface area contributed by atoms with Gasteiger partial charge in [-0.25, -0.2) is 0 Å². The third kappa shape index (κ3) is 4.96. The molecule has 1 aromatic rings. The smallest absolute Gasteiger partial charge is 0.0917 e. The number of rotatable bonds is 5. The molecule has 2 nitrogen and oxygen atoms in total. The monoisotopic (exact) mass is 263 g/mol. The minimum Gasteiger partial charge on any atom is -0.387 e. The first-order valence-electron chi connectivity index (χ1n) is 7.21. The van der Waals surface area contributed by atoms with Crippen molar-refractivity contribution in [2.24, 2.45) is 5.92 Å². The summed E-state index contributed by atoms with van der Waals surface area (Å²) in [5.74, 6) is 0.606. The molecule has 0 aliphatic heterocycles. The van der Waals surface area contributed by atoms with E-state index in [9.17, 15) is 5.11 Å². The molecule has 2 heteroatoms. The van der Waals surface area contributed by atoms with Crippen molar-refractivity contribution in [2.75, 3.05) is 13.1 Å². The number of hydrogen-bond acceptors (Lipinski definition) is 2. The third-order valence-corrected chi connectivity index (χ3v) is 3.39. The lowest BCUT2D eigenvalue weighted by Crippen LogP contribution is -2.26. The van der Waals surface area contributed by atoms with E-state index in [1.165, 1.54) is 5.56 Å². The molecular weight excluding hydrogens is 234 g/mol. The summed E-state index contributed by atoms with van der Waals surface area (Å²) >= 11 is 0. The van der Waals surface area contributed by atoms with Crippen LogP contribution < -0.4 is 5.32 Å². The molecule has 0 radical (unpaired) electrons. The molecule has 0 aromatic heterocycles. The van der Waals surface area contributed by atoms with Crippen LogP contribution in [-0.2, 0) is 5.41 Å². The maximum Gasteiger partial charge on any atom is 0.0917 e. The Hall–Kier alpha value is -0.860. The van der Waals surface area contributed by atoms with Gasteiger partial charge in [0.2, 0.25) is 0 Å². The van der Waals surface area contributed by atoms with Gasteiger partial charge in [-0.15, -0.1) is 0 Å². The maximum absolute atomic E-state index is 10.3. The Morgan fingerprint density at radius 3 is 2.32 bits per heavy atom. The summed E-state index contributed by atoms with van der Waals surface area (Å²) in [6, 6.07) is 6.42. The fraction of sp³-hybridized carbons (Fsp3) is 0.647. The van der Waals surface area contributed by atoms with Crippen LogP contribution in [0, 0.1) is 12.8 Å². The van der Waals surface area contributed by atoms with Crippen LogP contribution in [0.25, 0.3) is 0 Å². The van der Waals surface area contributed by atoms with Crippen LogP contribution in [0.1, 0.15) is 57.4 Å². The molecule has 2 N–H and O–H groups in total. The molecule has 1 atom stereocenters. The van der Waals surface area contributed by atoms with Gasteiger partial charge in [-0.2, -0.15) is 0 Å². The van der Waals surface area contributed by atoms with Gasteiger partial charge in [-0.1, -0.05) is 52.8 Å². The average molecular weight is 263 g/mol. The standard InChI is InChI=1S/C17H29NO/c1-12(2)10-18-11-16(19)15-9-14(17(4,5)6)8-7-13(15)3/h7-9,12,16,18-19H,10-11H2,1-6H3. The fourth-order valence-electron chi connectivity index (χ4n) is 2.08. The molecular formula is C17H29NO. The molecule has 108 valence electrons. The summed E-state index contributed by atoms with van der Waals surface area (Å²) < 4.78 is 0. The van der Waals surface area contributed by atoms with Crippen molar-refractivity contribution in [1.82, 2.24) is 5.32 Å². The largest absolute Gasteiger partial charge is 0.387 e. The van der Waals surface area contributed by atoms with Gasteiger partial charge in [0.25, 0.3) is 0 Å². The van der Waals surface area contributed by atoms with Gasteiger partial charge in [-0.05, 0) is 41.5 Å². The van der Waals surface area contributed by atoms with Gasteiger partial charge in [0.05, 0.1) is 6.10 Å². The Morgan fingerprint density at radius 2 is 1.79 bits per heavy atom. The van der Waals surface area contributed by atoms with Crippen molar-refractivity contribution in [2.45, 2.75) is 53.1 Å². The predicted octanol–water partition coefficient (Wildman–Crippen LogP) is 3.57. The van der Waals surface area contributed by atoms with E-state index in [1.807, 2.05) is 0 Å². The summed E-state index contributed by atoms with van der Waals surface area (Å²) in [5.41, 5.74) is 3.60. The molecule has 0 amide bonds. The predicted molar refractivity (Wildman–Crippen MR) is 82.5 cm³/mol. The molecule has 1 unspecified atom stereocenters. The molecule has 0 heterocycles. The molecule has 0 spiro atoms. The van der Waals surface area contributed by atoms with Crippen LogP contribution in [-0.4, -0.2) is 18.2 Å². The zero-order valence-corrected chi connectivity index (χ0v) is 13.2. The Bertz CT molecular complexity index is 404. The minimum atomic E-state index is -0.430. The van der Waals surface area contributed by atoms with Crippen molar-refractivity contribution >= 4 is 0 Å². The Labute approximate surface area is 118 Å². The molecule has 0 bridgehead atoms. The number of hydrogen-bond donors (Lipinski definition) is 2. The second-order valence-corrected chi connectivity index (χ2v) is 6.89. The van der Waals surface area contributed by atoms with Crippen LogP contribution in [0.2, 0.25) is 0 Å². The average Bonchev–Trinajstić information content (AvgIpc) is 2.27. The molecule has 0 aliphatic carbocycles. The van der Waals surface area contributed by atoms with Gasteiger partial charge in [0.1, 0.15) is 0 Å². The summed E-state index contributed by atoms with van der Waals surface area (Å²) in [7, 11) is 0. The normalized spacial score (nSPS) is 13.9. The van der Waals surface area contributed by atoms with E-state index in [0.29, 0.717) is 12.5 Å². The lowest BCUT2D eigenvalue weighted by molar-refractivity contribution is 0.172. The van der Waals surface area contributed by atoms with E-state index < -0.39 is 6.10 Å². The number of aliphatic hydroxyl groups is 1. The molecule has 0 fully saturated rings. The highest BCUT2D eigenvalue weighted by Crippen LogP contribution is 2.27. The number of benzene rings is 1. The van der Waals surface area contributed by atoms with Gasteiger partial charge in [0, 0.05) is 6.54 Å². The highest BCUT2D eigenvalue weighted by molar-refractivity contribution is 5.36. The quantitative estimate of drug-likeness (QED) is 0.851. The SMILES string of the molecule is Cc1ccc(C(C)(C)C)cc1C(O)CNCC(C)C. The van der Waals surface area contributed by atoms with Crippen molar-refractivity contribution < 1.29 is 5.11 Å². The van der Waals surface area contributed by atoms with E-state index in [4.69, 9.17) is 0 Å². The van der Waals surface area contributed by atoms with Crippen molar-refractivity contribution in [3.8, 4) is 0 Å². The summed E-state index contributed by atoms with van der Waals surface area (Å²) in [6.45, 7) is 14.6. The first-order chi connectivity index (χ1) is 8.71. The zero-order chi connectivity index (χ0) is 14.6. The van der Waals surface area contributed by atoms with Crippen LogP contribution in [0.4, 0.5) is 0 Å². The second-order valence-electron chi connectivity index (χ2n) is 6.89. The number of nitrogens with one attached hydrogen (secondary N) is 1. The fourth-order valence-corrected chi connectivity index (χ4v) is 2.08. The first kappa shape index (κ1) is 16.2. The van der Waals surface area contributed by atoms with E-state index in [0.717, 1.165) is 17.7 Å². The van der Waals surface area contributed by atoms with E-state index in [1.54, 1.807) is 0 Å². The van der Waals surface area contributed by atoms with Crippen molar-refractivity contribution in [1.29, 1.82) is 0 Å². The third-order valence-electron chi connectivity index (χ3n) is 3.39. The van der Waals surface area contributed by atoms with Gasteiger partial charge in [0.15, 0.2) is 0 Å². The molecule has 0 saturated carbocycles. The topological polar surface area (TPSA) is 32.3 Å². The van der Waals surface area contributed by atoms with Crippen molar-refractivity contribution in [3.05, 3.63) is 34.9 Å². The number of aliphatic hydroxyl groups excluding tert-OH is 1. The lowest BCUT2D eigenvalue weighted by Gasteiger charge is -2.23. The molecule has 0 saturated heterocycles. The maximum atomic E-state index is 10.3. The number of aryl methyl sites for hydroxylation is 1. The second kappa shape index (κ2) is 6.53. The summed E-state index contributed by atoms with van der Waals surface area (Å²) in [4.78, 5) is 0. The van der Waals surface area contributed by atoms with Gasteiger partial charge < -0.3 is 10.4 Å². The van der Waals surface area contributed by atoms with Crippen LogP contribution in [0.3, 0.4) is 0 Å². The van der Waals surface area contributed by atoms with Gasteiger partial charge in [-0.3, -0.25) is 0 Å². The molecule has 1 aromatic carbocycles. The Balaban J connectivity index is 2.81. The van der Waals surface area contributed by atoms with Crippen LogP contribution in [0.5, 0.6) is 0 Å². The first-order valence-corrected chi connectivity index (χ1v) is 7.21. The van der Waals surface area contributed by atoms with Crippen LogP contribution in [0.15, 0.2) is 18.2 Å². The summed E-state index contributed by atoms with van der Waals surface area (Å²) in [5, 5.41) is 13.7. The zero-order valence-electron chi connectivity index (χ0n) is 13.2.